The molecule has 194 valence electrons. The van der Waals surface area contributed by atoms with E-state index in [2.05, 4.69) is 14.3 Å². The Morgan fingerprint density at radius 2 is 1.66 bits per heavy atom. The van der Waals surface area contributed by atoms with Crippen molar-refractivity contribution in [2.45, 2.75) is 77.2 Å². The topological polar surface area (TPSA) is 118 Å². The third-order valence-corrected chi connectivity index (χ3v) is 5.08. The highest BCUT2D eigenvalue weighted by molar-refractivity contribution is 7.94. The Balaban J connectivity index is 2.08. The highest BCUT2D eigenvalue weighted by atomic mass is 32.2. The van der Waals surface area contributed by atoms with Gasteiger partial charge in [0, 0.05) is 23.8 Å². The molecule has 2 rings (SSSR count). The fourth-order valence-corrected chi connectivity index (χ4v) is 3.54. The largest absolute Gasteiger partial charge is 0.459 e. The third kappa shape index (κ3) is 11.7. The fourth-order valence-electron chi connectivity index (χ4n) is 3.18. The van der Waals surface area contributed by atoms with Crippen LogP contribution in [0.5, 0.6) is 0 Å². The van der Waals surface area contributed by atoms with E-state index in [1.54, 1.807) is 17.0 Å². The van der Waals surface area contributed by atoms with Gasteiger partial charge in [-0.15, -0.1) is 9.32 Å². The second-order valence-electron chi connectivity index (χ2n) is 10.00. The van der Waals surface area contributed by atoms with Crippen molar-refractivity contribution in [2.75, 3.05) is 13.1 Å². The molecule has 35 heavy (non-hydrogen) atoms. The summed E-state index contributed by atoms with van der Waals surface area (Å²) in [7, 11) is 0. The normalized spacial score (nSPS) is 12.1. The second kappa shape index (κ2) is 13.0. The Kier molecular flexibility index (Phi) is 10.7. The predicted molar refractivity (Wildman–Crippen MR) is 132 cm³/mol. The fraction of sp³-hybridized carbons (Fsp3) is 0.542. The molecule has 0 aliphatic heterocycles. The van der Waals surface area contributed by atoms with Crippen molar-refractivity contribution in [3.8, 4) is 0 Å². The molecule has 0 unspecified atom stereocenters. The van der Waals surface area contributed by atoms with Crippen molar-refractivity contribution in [3.05, 3.63) is 48.0 Å². The van der Waals surface area contributed by atoms with Crippen molar-refractivity contribution in [2.24, 2.45) is 5.90 Å². The van der Waals surface area contributed by atoms with Crippen LogP contribution in [0.2, 0.25) is 0 Å². The number of ether oxygens (including phenoxy) is 2. The minimum absolute atomic E-state index is 0.0423. The lowest BCUT2D eigenvalue weighted by Gasteiger charge is -2.25. The number of carbonyl (C=O) groups is 2. The van der Waals surface area contributed by atoms with Crippen LogP contribution in [0.15, 0.2) is 41.6 Å². The summed E-state index contributed by atoms with van der Waals surface area (Å²) < 4.78 is 17.3. The van der Waals surface area contributed by atoms with Gasteiger partial charge >= 0.3 is 11.9 Å². The molecular weight excluding hydrogens is 472 g/mol. The monoisotopic (exact) mass is 508 g/mol. The summed E-state index contributed by atoms with van der Waals surface area (Å²) in [4.78, 5) is 36.2. The minimum atomic E-state index is -0.583. The van der Waals surface area contributed by atoms with Gasteiger partial charge in [0.15, 0.2) is 0 Å². The van der Waals surface area contributed by atoms with E-state index in [4.69, 9.17) is 15.4 Å². The summed E-state index contributed by atoms with van der Waals surface area (Å²) in [6.45, 7) is 12.1. The van der Waals surface area contributed by atoms with Crippen LogP contribution in [0.1, 0.15) is 52.9 Å². The van der Waals surface area contributed by atoms with Crippen molar-refractivity contribution >= 4 is 24.0 Å². The average Bonchev–Trinajstić information content (AvgIpc) is 3.14. The van der Waals surface area contributed by atoms with Gasteiger partial charge < -0.3 is 14.0 Å². The van der Waals surface area contributed by atoms with Crippen LogP contribution < -0.4 is 5.90 Å². The zero-order valence-electron chi connectivity index (χ0n) is 21.3. The SMILES string of the molecule is CC(C)(C)OC(=O)CN(CCc1ccc(SOON)cc1)Cc1nccn1CC(=O)OC(C)(C)C. The van der Waals surface area contributed by atoms with E-state index in [9.17, 15) is 9.59 Å². The summed E-state index contributed by atoms with van der Waals surface area (Å²) in [5.41, 5.74) is -0.0759. The number of hydrogen-bond donors (Lipinski definition) is 1. The van der Waals surface area contributed by atoms with Gasteiger partial charge in [-0.1, -0.05) is 12.1 Å². The Labute approximate surface area is 211 Å². The maximum Gasteiger partial charge on any atom is 0.326 e. The molecule has 0 bridgehead atoms. The summed E-state index contributed by atoms with van der Waals surface area (Å²) in [5.74, 6) is 4.85. The van der Waals surface area contributed by atoms with Crippen LogP contribution in [0.3, 0.4) is 0 Å². The van der Waals surface area contributed by atoms with E-state index < -0.39 is 11.2 Å². The van der Waals surface area contributed by atoms with Gasteiger partial charge in [0.05, 0.1) is 25.1 Å². The lowest BCUT2D eigenvalue weighted by atomic mass is 10.1. The Morgan fingerprint density at radius 1 is 1.03 bits per heavy atom. The number of imidazole rings is 1. The van der Waals surface area contributed by atoms with E-state index in [-0.39, 0.29) is 25.0 Å². The molecule has 0 saturated carbocycles. The number of nitrogens with zero attached hydrogens (tertiary/aromatic N) is 3. The first-order valence-electron chi connectivity index (χ1n) is 11.3. The first kappa shape index (κ1) is 28.8. The van der Waals surface area contributed by atoms with E-state index in [0.717, 1.165) is 22.5 Å². The molecule has 1 aromatic carbocycles. The molecule has 0 spiro atoms. The Morgan fingerprint density at radius 3 is 2.26 bits per heavy atom. The zero-order valence-corrected chi connectivity index (χ0v) is 22.1. The Hall–Kier alpha value is -2.44. The molecule has 11 heteroatoms. The summed E-state index contributed by atoms with van der Waals surface area (Å²) in [6.07, 6.45) is 4.05. The third-order valence-electron chi connectivity index (χ3n) is 4.47. The van der Waals surface area contributed by atoms with Gasteiger partial charge in [0.2, 0.25) is 0 Å². The second-order valence-corrected chi connectivity index (χ2v) is 10.8. The standard InChI is InChI=1S/C24H36N4O6S/c1-23(2,3)31-21(29)16-27(13-11-18-7-9-19(10-8-18)35-34-33-25)15-20-26-12-14-28(20)17-22(30)32-24(4,5)6/h7-10,12,14H,11,13,15-17,25H2,1-6H3. The number of hydrogen-bond acceptors (Lipinski definition) is 10. The molecule has 1 heterocycles. The maximum atomic E-state index is 12.6. The van der Waals surface area contributed by atoms with Crippen molar-refractivity contribution in [1.82, 2.24) is 14.5 Å². The highest BCUT2D eigenvalue weighted by Crippen LogP contribution is 2.19. The average molecular weight is 509 g/mol. The van der Waals surface area contributed by atoms with E-state index in [1.165, 1.54) is 0 Å². The summed E-state index contributed by atoms with van der Waals surface area (Å²) in [5, 5.41) is 0. The van der Waals surface area contributed by atoms with E-state index in [1.807, 2.05) is 70.7 Å². The van der Waals surface area contributed by atoms with E-state index >= 15 is 0 Å². The molecule has 0 saturated heterocycles. The molecule has 2 N–H and O–H groups in total. The van der Waals surface area contributed by atoms with Crippen LogP contribution in [0.25, 0.3) is 0 Å². The molecule has 0 atom stereocenters. The van der Waals surface area contributed by atoms with Gasteiger partial charge in [-0.05, 0) is 65.7 Å². The Bertz CT molecular complexity index is 950. The number of aromatic nitrogens is 2. The molecule has 2 aromatic rings. The molecule has 0 amide bonds. The molecule has 10 nitrogen and oxygen atoms in total. The summed E-state index contributed by atoms with van der Waals surface area (Å²) in [6, 6.07) is 7.73. The maximum absolute atomic E-state index is 12.6. The predicted octanol–water partition coefficient (Wildman–Crippen LogP) is 3.44. The van der Waals surface area contributed by atoms with Crippen LogP contribution in [0.4, 0.5) is 0 Å². The molecule has 0 aliphatic rings. The number of rotatable bonds is 12. The molecule has 0 fully saturated rings. The number of esters is 2. The number of benzene rings is 1. The summed E-state index contributed by atoms with van der Waals surface area (Å²) >= 11 is 1.01. The molecule has 0 radical (unpaired) electrons. The van der Waals surface area contributed by atoms with Gasteiger partial charge in [-0.3, -0.25) is 14.5 Å². The first-order valence-corrected chi connectivity index (χ1v) is 12.0. The van der Waals surface area contributed by atoms with Crippen molar-refractivity contribution < 1.29 is 28.4 Å². The smallest absolute Gasteiger partial charge is 0.326 e. The van der Waals surface area contributed by atoms with E-state index in [0.29, 0.717) is 25.3 Å². The van der Waals surface area contributed by atoms with Crippen LogP contribution in [0, 0.1) is 0 Å². The van der Waals surface area contributed by atoms with Crippen LogP contribution in [-0.4, -0.2) is 50.7 Å². The zero-order chi connectivity index (χ0) is 26.1. The lowest BCUT2D eigenvalue weighted by molar-refractivity contribution is -0.195. The van der Waals surface area contributed by atoms with Gasteiger partial charge in [-0.25, -0.2) is 4.98 Å². The highest BCUT2D eigenvalue weighted by Gasteiger charge is 2.22. The number of carbonyl (C=O) groups excluding carboxylic acids is 2. The van der Waals surface area contributed by atoms with Crippen LogP contribution >= 0.6 is 12.0 Å². The first-order chi connectivity index (χ1) is 16.3. The van der Waals surface area contributed by atoms with Crippen LogP contribution in [-0.2, 0) is 47.9 Å². The molecular formula is C24H36N4O6S. The van der Waals surface area contributed by atoms with Crippen molar-refractivity contribution in [1.29, 1.82) is 0 Å². The van der Waals surface area contributed by atoms with Gasteiger partial charge in [0.1, 0.15) is 23.6 Å². The van der Waals surface area contributed by atoms with Crippen molar-refractivity contribution in [3.63, 3.8) is 0 Å². The quantitative estimate of drug-likeness (QED) is 0.198. The number of nitrogens with two attached hydrogens (primary N) is 1. The van der Waals surface area contributed by atoms with Gasteiger partial charge in [0.25, 0.3) is 0 Å². The molecule has 0 aliphatic carbocycles. The van der Waals surface area contributed by atoms with Gasteiger partial charge in [-0.2, -0.15) is 5.90 Å². The minimum Gasteiger partial charge on any atom is -0.459 e. The lowest BCUT2D eigenvalue weighted by Crippen LogP contribution is -2.36. The molecule has 1 aromatic heterocycles.